The first kappa shape index (κ1) is 14.3. The standard InChI is InChI=1S/C13H18N4O3/c18-13(15-9-10-5-7-14-8-6-10)16-11-1-3-12(4-2-11)17(19)20/h1-4,10,14H,5-9H2,(H2,15,16,18). The van der Waals surface area contributed by atoms with E-state index in [4.69, 9.17) is 0 Å². The second-order valence-electron chi connectivity index (χ2n) is 4.83. The van der Waals surface area contributed by atoms with E-state index in [9.17, 15) is 14.9 Å². The first-order valence-corrected chi connectivity index (χ1v) is 6.65. The Morgan fingerprint density at radius 1 is 1.30 bits per heavy atom. The molecule has 1 heterocycles. The highest BCUT2D eigenvalue weighted by atomic mass is 16.6. The fourth-order valence-corrected chi connectivity index (χ4v) is 2.16. The van der Waals surface area contributed by atoms with Crippen LogP contribution in [0.1, 0.15) is 12.8 Å². The summed E-state index contributed by atoms with van der Waals surface area (Å²) in [6.45, 7) is 2.65. The summed E-state index contributed by atoms with van der Waals surface area (Å²) in [7, 11) is 0. The minimum atomic E-state index is -0.471. The molecule has 7 heteroatoms. The molecule has 1 aliphatic heterocycles. The first-order chi connectivity index (χ1) is 9.65. The number of rotatable bonds is 4. The number of urea groups is 1. The molecule has 2 rings (SSSR count). The molecular weight excluding hydrogens is 260 g/mol. The van der Waals surface area contributed by atoms with Crippen molar-refractivity contribution >= 4 is 17.4 Å². The summed E-state index contributed by atoms with van der Waals surface area (Å²) in [6, 6.07) is 5.48. The van der Waals surface area contributed by atoms with Crippen molar-refractivity contribution in [2.45, 2.75) is 12.8 Å². The monoisotopic (exact) mass is 278 g/mol. The highest BCUT2D eigenvalue weighted by Crippen LogP contribution is 2.15. The third kappa shape index (κ3) is 4.20. The summed E-state index contributed by atoms with van der Waals surface area (Å²) < 4.78 is 0. The Morgan fingerprint density at radius 2 is 1.95 bits per heavy atom. The predicted octanol–water partition coefficient (Wildman–Crippen LogP) is 1.72. The molecular formula is C13H18N4O3. The zero-order valence-electron chi connectivity index (χ0n) is 11.1. The van der Waals surface area contributed by atoms with Crippen LogP contribution in [0.15, 0.2) is 24.3 Å². The Labute approximate surface area is 116 Å². The van der Waals surface area contributed by atoms with E-state index in [1.807, 2.05) is 0 Å². The van der Waals surface area contributed by atoms with Crippen LogP contribution >= 0.6 is 0 Å². The summed E-state index contributed by atoms with van der Waals surface area (Å²) in [6.07, 6.45) is 2.13. The van der Waals surface area contributed by atoms with Gasteiger partial charge >= 0.3 is 6.03 Å². The van der Waals surface area contributed by atoms with Crippen LogP contribution in [-0.2, 0) is 0 Å². The lowest BCUT2D eigenvalue weighted by Gasteiger charge is -2.22. The largest absolute Gasteiger partial charge is 0.338 e. The topological polar surface area (TPSA) is 96.3 Å². The maximum atomic E-state index is 11.7. The van der Waals surface area contributed by atoms with Gasteiger partial charge in [0, 0.05) is 24.4 Å². The number of non-ortho nitro benzene ring substituents is 1. The molecule has 1 aliphatic rings. The minimum absolute atomic E-state index is 0.00524. The Kier molecular flexibility index (Phi) is 4.89. The van der Waals surface area contributed by atoms with Gasteiger partial charge in [0.15, 0.2) is 0 Å². The fourth-order valence-electron chi connectivity index (χ4n) is 2.16. The Bertz CT molecular complexity index is 469. The van der Waals surface area contributed by atoms with Gasteiger partial charge in [0.1, 0.15) is 0 Å². The van der Waals surface area contributed by atoms with Crippen LogP contribution in [0.5, 0.6) is 0 Å². The third-order valence-electron chi connectivity index (χ3n) is 3.35. The van der Waals surface area contributed by atoms with E-state index in [-0.39, 0.29) is 11.7 Å². The summed E-state index contributed by atoms with van der Waals surface area (Å²) in [4.78, 5) is 21.7. The van der Waals surface area contributed by atoms with Crippen molar-refractivity contribution in [1.29, 1.82) is 0 Å². The summed E-state index contributed by atoms with van der Waals surface area (Å²) in [5.41, 5.74) is 0.545. The normalized spacial score (nSPS) is 15.6. The van der Waals surface area contributed by atoms with Gasteiger partial charge in [0.25, 0.3) is 5.69 Å². The van der Waals surface area contributed by atoms with Gasteiger partial charge in [0.2, 0.25) is 0 Å². The Balaban J connectivity index is 1.77. The minimum Gasteiger partial charge on any atom is -0.338 e. The molecule has 1 saturated heterocycles. The highest BCUT2D eigenvalue weighted by molar-refractivity contribution is 5.89. The summed E-state index contributed by atoms with van der Waals surface area (Å²) >= 11 is 0. The van der Waals surface area contributed by atoms with E-state index in [0.717, 1.165) is 25.9 Å². The lowest BCUT2D eigenvalue weighted by Crippen LogP contribution is -2.37. The van der Waals surface area contributed by atoms with Gasteiger partial charge in [-0.25, -0.2) is 4.79 Å². The van der Waals surface area contributed by atoms with Gasteiger partial charge in [0.05, 0.1) is 4.92 Å². The maximum Gasteiger partial charge on any atom is 0.319 e. The van der Waals surface area contributed by atoms with Gasteiger partial charge in [-0.15, -0.1) is 0 Å². The number of hydrogen-bond acceptors (Lipinski definition) is 4. The molecule has 0 aromatic heterocycles. The molecule has 108 valence electrons. The molecule has 3 N–H and O–H groups in total. The number of benzene rings is 1. The van der Waals surface area contributed by atoms with Crippen LogP contribution in [0, 0.1) is 16.0 Å². The SMILES string of the molecule is O=C(NCC1CCNCC1)Nc1ccc([N+](=O)[O-])cc1. The first-order valence-electron chi connectivity index (χ1n) is 6.65. The molecule has 0 atom stereocenters. The van der Waals surface area contributed by atoms with Crippen LogP contribution in [0.3, 0.4) is 0 Å². The molecule has 1 aromatic rings. The number of nitro groups is 1. The Morgan fingerprint density at radius 3 is 2.55 bits per heavy atom. The number of carbonyl (C=O) groups excluding carboxylic acids is 1. The molecule has 1 fully saturated rings. The van der Waals surface area contributed by atoms with Gasteiger partial charge in [-0.3, -0.25) is 10.1 Å². The van der Waals surface area contributed by atoms with E-state index in [2.05, 4.69) is 16.0 Å². The molecule has 0 radical (unpaired) electrons. The number of amides is 2. The number of nitrogens with one attached hydrogen (secondary N) is 3. The smallest absolute Gasteiger partial charge is 0.319 e. The van der Waals surface area contributed by atoms with Crippen LogP contribution < -0.4 is 16.0 Å². The van der Waals surface area contributed by atoms with E-state index < -0.39 is 4.92 Å². The fraction of sp³-hybridized carbons (Fsp3) is 0.462. The second kappa shape index (κ2) is 6.85. The van der Waals surface area contributed by atoms with Crippen molar-refractivity contribution in [1.82, 2.24) is 10.6 Å². The van der Waals surface area contributed by atoms with Crippen molar-refractivity contribution in [3.05, 3.63) is 34.4 Å². The molecule has 7 nitrogen and oxygen atoms in total. The van der Waals surface area contributed by atoms with Crippen molar-refractivity contribution in [2.75, 3.05) is 25.0 Å². The molecule has 0 aliphatic carbocycles. The van der Waals surface area contributed by atoms with E-state index in [1.54, 1.807) is 0 Å². The molecule has 0 spiro atoms. The average molecular weight is 278 g/mol. The average Bonchev–Trinajstić information content (AvgIpc) is 2.47. The number of hydrogen-bond donors (Lipinski definition) is 3. The third-order valence-corrected chi connectivity index (χ3v) is 3.35. The predicted molar refractivity (Wildman–Crippen MR) is 75.7 cm³/mol. The van der Waals surface area contributed by atoms with Crippen LogP contribution in [-0.4, -0.2) is 30.6 Å². The van der Waals surface area contributed by atoms with Crippen molar-refractivity contribution in [3.8, 4) is 0 Å². The number of carbonyl (C=O) groups is 1. The Hall–Kier alpha value is -2.15. The van der Waals surface area contributed by atoms with Crippen molar-refractivity contribution < 1.29 is 9.72 Å². The lowest BCUT2D eigenvalue weighted by molar-refractivity contribution is -0.384. The van der Waals surface area contributed by atoms with Gasteiger partial charge in [-0.2, -0.15) is 0 Å². The molecule has 0 bridgehead atoms. The molecule has 1 aromatic carbocycles. The van der Waals surface area contributed by atoms with Gasteiger partial charge in [-0.1, -0.05) is 0 Å². The van der Waals surface area contributed by atoms with E-state index >= 15 is 0 Å². The number of anilines is 1. The van der Waals surface area contributed by atoms with E-state index in [0.29, 0.717) is 18.2 Å². The molecule has 2 amide bonds. The molecule has 0 saturated carbocycles. The van der Waals surface area contributed by atoms with Crippen LogP contribution in [0.25, 0.3) is 0 Å². The second-order valence-corrected chi connectivity index (χ2v) is 4.83. The summed E-state index contributed by atoms with van der Waals surface area (Å²) in [5.74, 6) is 0.513. The quantitative estimate of drug-likeness (QED) is 0.577. The number of piperidine rings is 1. The number of nitrogens with zero attached hydrogens (tertiary/aromatic N) is 1. The van der Waals surface area contributed by atoms with Gasteiger partial charge < -0.3 is 16.0 Å². The lowest BCUT2D eigenvalue weighted by atomic mass is 9.98. The molecule has 20 heavy (non-hydrogen) atoms. The van der Waals surface area contributed by atoms with Crippen molar-refractivity contribution in [3.63, 3.8) is 0 Å². The van der Waals surface area contributed by atoms with Crippen LogP contribution in [0.4, 0.5) is 16.2 Å². The van der Waals surface area contributed by atoms with E-state index in [1.165, 1.54) is 24.3 Å². The zero-order valence-corrected chi connectivity index (χ0v) is 11.1. The molecule has 0 unspecified atom stereocenters. The maximum absolute atomic E-state index is 11.7. The number of nitro benzene ring substituents is 1. The van der Waals surface area contributed by atoms with Gasteiger partial charge in [-0.05, 0) is 44.0 Å². The van der Waals surface area contributed by atoms with Crippen LogP contribution in [0.2, 0.25) is 0 Å². The van der Waals surface area contributed by atoms with Crippen molar-refractivity contribution in [2.24, 2.45) is 5.92 Å². The highest BCUT2D eigenvalue weighted by Gasteiger charge is 2.14. The zero-order chi connectivity index (χ0) is 14.4. The summed E-state index contributed by atoms with van der Waals surface area (Å²) in [5, 5.41) is 19.3.